The molecule has 0 spiro atoms. The number of carbonyl (C=O) groups excluding carboxylic acids is 1. The number of anilines is 1. The topological polar surface area (TPSA) is 51.0 Å². The van der Waals surface area contributed by atoms with Gasteiger partial charge in [-0.3, -0.25) is 9.69 Å². The molecule has 0 bridgehead atoms. The van der Waals surface area contributed by atoms with E-state index in [1.54, 1.807) is 6.20 Å². The summed E-state index contributed by atoms with van der Waals surface area (Å²) in [5, 5.41) is 4.97. The predicted octanol–water partition coefficient (Wildman–Crippen LogP) is 4.71. The standard InChI is InChI=1S/C24H26N4O/c1-17-20-14-16-27(24(29)18-9-4-2-5-10-18)23-21(13-8-15-25-23)22(20)26-28(17)19-11-6-3-7-12-19/h3,6-8,11-13,15,18H,2,4-5,9-10,14,16H2,1H3. The Morgan fingerprint density at radius 3 is 2.62 bits per heavy atom. The van der Waals surface area contributed by atoms with Gasteiger partial charge in [-0.1, -0.05) is 37.5 Å². The van der Waals surface area contributed by atoms with Gasteiger partial charge < -0.3 is 0 Å². The van der Waals surface area contributed by atoms with Crippen LogP contribution in [0.1, 0.15) is 43.4 Å². The number of amides is 1. The number of fused-ring (bicyclic) bond motifs is 3. The summed E-state index contributed by atoms with van der Waals surface area (Å²) in [5.74, 6) is 1.14. The van der Waals surface area contributed by atoms with Crippen molar-refractivity contribution in [1.82, 2.24) is 14.8 Å². The zero-order valence-corrected chi connectivity index (χ0v) is 16.8. The van der Waals surface area contributed by atoms with Crippen molar-refractivity contribution < 1.29 is 4.79 Å². The first kappa shape index (κ1) is 18.1. The molecule has 29 heavy (non-hydrogen) atoms. The zero-order chi connectivity index (χ0) is 19.8. The summed E-state index contributed by atoms with van der Waals surface area (Å²) in [6, 6.07) is 14.2. The van der Waals surface area contributed by atoms with Crippen molar-refractivity contribution in [2.45, 2.75) is 45.4 Å². The highest BCUT2D eigenvalue weighted by molar-refractivity contribution is 5.98. The summed E-state index contributed by atoms with van der Waals surface area (Å²) in [5.41, 5.74) is 5.31. The number of carbonyl (C=O) groups is 1. The highest BCUT2D eigenvalue weighted by Gasteiger charge is 2.33. The van der Waals surface area contributed by atoms with Gasteiger partial charge in [-0.05, 0) is 50.5 Å². The third kappa shape index (κ3) is 3.15. The summed E-state index contributed by atoms with van der Waals surface area (Å²) in [7, 11) is 0. The summed E-state index contributed by atoms with van der Waals surface area (Å²) in [4.78, 5) is 19.9. The lowest BCUT2D eigenvalue weighted by molar-refractivity contribution is -0.123. The number of benzene rings is 1. The maximum atomic E-state index is 13.4. The molecule has 0 saturated heterocycles. The van der Waals surface area contributed by atoms with Crippen molar-refractivity contribution in [2.24, 2.45) is 5.92 Å². The third-order valence-corrected chi connectivity index (χ3v) is 6.34. The van der Waals surface area contributed by atoms with Gasteiger partial charge in [0, 0.05) is 35.5 Å². The molecule has 1 aliphatic carbocycles. The Morgan fingerprint density at radius 1 is 1.03 bits per heavy atom. The number of para-hydroxylation sites is 1. The molecule has 2 aromatic heterocycles. The summed E-state index contributed by atoms with van der Waals surface area (Å²) in [6.07, 6.45) is 8.14. The van der Waals surface area contributed by atoms with Crippen LogP contribution in [0, 0.1) is 12.8 Å². The van der Waals surface area contributed by atoms with Crippen LogP contribution in [0.5, 0.6) is 0 Å². The minimum atomic E-state index is 0.134. The lowest BCUT2D eigenvalue weighted by atomic mass is 9.88. The lowest BCUT2D eigenvalue weighted by Gasteiger charge is -2.28. The van der Waals surface area contributed by atoms with Crippen molar-refractivity contribution in [3.8, 4) is 16.9 Å². The van der Waals surface area contributed by atoms with Crippen LogP contribution in [0.15, 0.2) is 48.7 Å². The SMILES string of the molecule is Cc1c2c(nn1-c1ccccc1)-c1cccnc1N(C(=O)C1CCCCC1)CC2. The molecule has 5 rings (SSSR count). The van der Waals surface area contributed by atoms with Gasteiger partial charge in [0.2, 0.25) is 5.91 Å². The molecule has 3 aromatic rings. The fourth-order valence-corrected chi connectivity index (χ4v) is 4.78. The second-order valence-corrected chi connectivity index (χ2v) is 8.11. The molecule has 5 heteroatoms. The molecule has 0 unspecified atom stereocenters. The smallest absolute Gasteiger partial charge is 0.231 e. The number of rotatable bonds is 2. The summed E-state index contributed by atoms with van der Waals surface area (Å²) >= 11 is 0. The van der Waals surface area contributed by atoms with E-state index in [9.17, 15) is 4.79 Å². The quantitative estimate of drug-likeness (QED) is 0.641. The van der Waals surface area contributed by atoms with Crippen LogP contribution in [-0.4, -0.2) is 27.2 Å². The third-order valence-electron chi connectivity index (χ3n) is 6.34. The van der Waals surface area contributed by atoms with E-state index in [4.69, 9.17) is 5.10 Å². The Labute approximate surface area is 171 Å². The second kappa shape index (κ2) is 7.47. The summed E-state index contributed by atoms with van der Waals surface area (Å²) in [6.45, 7) is 2.78. The second-order valence-electron chi connectivity index (χ2n) is 8.11. The van der Waals surface area contributed by atoms with Gasteiger partial charge in [0.25, 0.3) is 0 Å². The fourth-order valence-electron chi connectivity index (χ4n) is 4.78. The largest absolute Gasteiger partial charge is 0.296 e. The van der Waals surface area contributed by atoms with Crippen LogP contribution >= 0.6 is 0 Å². The number of aromatic nitrogens is 3. The van der Waals surface area contributed by atoms with E-state index in [0.717, 1.165) is 60.6 Å². The van der Waals surface area contributed by atoms with Crippen LogP contribution in [0.4, 0.5) is 5.82 Å². The van der Waals surface area contributed by atoms with Gasteiger partial charge in [-0.15, -0.1) is 0 Å². The number of nitrogens with zero attached hydrogens (tertiary/aromatic N) is 4. The van der Waals surface area contributed by atoms with Gasteiger partial charge >= 0.3 is 0 Å². The molecule has 1 fully saturated rings. The molecule has 0 atom stereocenters. The van der Waals surface area contributed by atoms with E-state index in [2.05, 4.69) is 30.1 Å². The number of hydrogen-bond donors (Lipinski definition) is 0. The van der Waals surface area contributed by atoms with Crippen LogP contribution in [0.3, 0.4) is 0 Å². The molecule has 1 aliphatic heterocycles. The van der Waals surface area contributed by atoms with Crippen molar-refractivity contribution in [3.05, 3.63) is 59.9 Å². The molecule has 1 amide bonds. The van der Waals surface area contributed by atoms with Crippen molar-refractivity contribution >= 4 is 11.7 Å². The minimum absolute atomic E-state index is 0.134. The average Bonchev–Trinajstić information content (AvgIpc) is 3.01. The lowest BCUT2D eigenvalue weighted by Crippen LogP contribution is -2.38. The van der Waals surface area contributed by atoms with Crippen molar-refractivity contribution in [3.63, 3.8) is 0 Å². The first-order chi connectivity index (χ1) is 14.2. The van der Waals surface area contributed by atoms with Gasteiger partial charge in [-0.2, -0.15) is 5.10 Å². The molecule has 0 radical (unpaired) electrons. The van der Waals surface area contributed by atoms with Gasteiger partial charge in [0.1, 0.15) is 5.82 Å². The molecule has 3 heterocycles. The highest BCUT2D eigenvalue weighted by atomic mass is 16.2. The Bertz CT molecular complexity index is 1030. The van der Waals surface area contributed by atoms with Gasteiger partial charge in [-0.25, -0.2) is 9.67 Å². The monoisotopic (exact) mass is 386 g/mol. The zero-order valence-electron chi connectivity index (χ0n) is 16.8. The van der Waals surface area contributed by atoms with E-state index in [1.165, 1.54) is 12.0 Å². The predicted molar refractivity (Wildman–Crippen MR) is 114 cm³/mol. The maximum absolute atomic E-state index is 13.4. The Morgan fingerprint density at radius 2 is 1.83 bits per heavy atom. The molecule has 1 aromatic carbocycles. The van der Waals surface area contributed by atoms with E-state index < -0.39 is 0 Å². The molecule has 148 valence electrons. The molecule has 2 aliphatic rings. The van der Waals surface area contributed by atoms with Gasteiger partial charge in [0.15, 0.2) is 0 Å². The number of hydrogen-bond acceptors (Lipinski definition) is 3. The normalized spacial score (nSPS) is 16.8. The molecule has 5 nitrogen and oxygen atoms in total. The van der Waals surface area contributed by atoms with Crippen LogP contribution in [-0.2, 0) is 11.2 Å². The molecular formula is C24H26N4O. The fraction of sp³-hybridized carbons (Fsp3) is 0.375. The molecule has 0 N–H and O–H groups in total. The minimum Gasteiger partial charge on any atom is -0.296 e. The molecule has 1 saturated carbocycles. The Balaban J connectivity index is 1.58. The van der Waals surface area contributed by atoms with Crippen LogP contribution < -0.4 is 4.90 Å². The van der Waals surface area contributed by atoms with E-state index in [0.29, 0.717) is 6.54 Å². The first-order valence-corrected chi connectivity index (χ1v) is 10.6. The van der Waals surface area contributed by atoms with Crippen molar-refractivity contribution in [2.75, 3.05) is 11.4 Å². The van der Waals surface area contributed by atoms with Crippen LogP contribution in [0.25, 0.3) is 16.9 Å². The van der Waals surface area contributed by atoms with Gasteiger partial charge in [0.05, 0.1) is 11.4 Å². The highest BCUT2D eigenvalue weighted by Crippen LogP contribution is 2.37. The Hall–Kier alpha value is -2.95. The summed E-state index contributed by atoms with van der Waals surface area (Å²) < 4.78 is 2.01. The van der Waals surface area contributed by atoms with E-state index >= 15 is 0 Å². The van der Waals surface area contributed by atoms with Crippen LogP contribution in [0.2, 0.25) is 0 Å². The first-order valence-electron chi connectivity index (χ1n) is 10.6. The molecular weight excluding hydrogens is 360 g/mol. The van der Waals surface area contributed by atoms with Crippen molar-refractivity contribution in [1.29, 1.82) is 0 Å². The maximum Gasteiger partial charge on any atom is 0.231 e. The number of pyridine rings is 1. The average molecular weight is 386 g/mol. The van der Waals surface area contributed by atoms with E-state index in [-0.39, 0.29) is 11.8 Å². The van der Waals surface area contributed by atoms with E-state index in [1.807, 2.05) is 33.8 Å². The Kier molecular flexibility index (Phi) is 4.66.